The normalized spacial score (nSPS) is 10.5. The third-order valence-electron chi connectivity index (χ3n) is 3.08. The van der Waals surface area contributed by atoms with E-state index in [1.165, 1.54) is 12.1 Å². The van der Waals surface area contributed by atoms with Crippen LogP contribution in [0.5, 0.6) is 5.75 Å². The maximum Gasteiger partial charge on any atom is 0.246 e. The van der Waals surface area contributed by atoms with Crippen molar-refractivity contribution in [2.75, 3.05) is 12.4 Å². The van der Waals surface area contributed by atoms with Gasteiger partial charge in [-0.3, -0.25) is 0 Å². The first kappa shape index (κ1) is 14.1. The second kappa shape index (κ2) is 6.26. The largest absolute Gasteiger partial charge is 0.497 e. The zero-order valence-corrected chi connectivity index (χ0v) is 11.9. The van der Waals surface area contributed by atoms with Crippen molar-refractivity contribution >= 4 is 5.69 Å². The van der Waals surface area contributed by atoms with Gasteiger partial charge in [0.2, 0.25) is 11.7 Å². The van der Waals surface area contributed by atoms with Gasteiger partial charge < -0.3 is 14.6 Å². The number of hydrogen-bond donors (Lipinski definition) is 1. The van der Waals surface area contributed by atoms with Crippen molar-refractivity contribution < 1.29 is 13.7 Å². The Morgan fingerprint density at radius 3 is 2.73 bits per heavy atom. The maximum atomic E-state index is 13.1. The molecule has 0 amide bonds. The Balaban J connectivity index is 1.68. The Labute approximate surface area is 126 Å². The van der Waals surface area contributed by atoms with Gasteiger partial charge in [0.05, 0.1) is 13.7 Å². The Hall–Kier alpha value is -2.89. The van der Waals surface area contributed by atoms with Gasteiger partial charge in [-0.25, -0.2) is 4.39 Å². The predicted octanol–water partition coefficient (Wildman–Crippen LogP) is 3.50. The molecule has 0 bridgehead atoms. The van der Waals surface area contributed by atoms with Crippen LogP contribution in [0.15, 0.2) is 53.1 Å². The van der Waals surface area contributed by atoms with Gasteiger partial charge in [-0.15, -0.1) is 0 Å². The molecule has 112 valence electrons. The van der Waals surface area contributed by atoms with Crippen molar-refractivity contribution in [3.63, 3.8) is 0 Å². The lowest BCUT2D eigenvalue weighted by Gasteiger charge is -2.02. The molecule has 0 atom stereocenters. The number of halogens is 1. The lowest BCUT2D eigenvalue weighted by molar-refractivity contribution is 0.384. The number of anilines is 1. The molecule has 3 rings (SSSR count). The fraction of sp³-hybridized carbons (Fsp3) is 0.125. The summed E-state index contributed by atoms with van der Waals surface area (Å²) in [7, 11) is 1.61. The highest BCUT2D eigenvalue weighted by atomic mass is 19.1. The minimum atomic E-state index is -0.297. The number of rotatable bonds is 5. The average molecular weight is 299 g/mol. The molecule has 1 heterocycles. The van der Waals surface area contributed by atoms with Gasteiger partial charge in [-0.05, 0) is 42.5 Å². The Morgan fingerprint density at radius 2 is 2.00 bits per heavy atom. The Kier molecular flexibility index (Phi) is 4.00. The van der Waals surface area contributed by atoms with Crippen LogP contribution in [0, 0.1) is 5.82 Å². The van der Waals surface area contributed by atoms with Crippen molar-refractivity contribution in [1.82, 2.24) is 10.1 Å². The quantitative estimate of drug-likeness (QED) is 0.781. The molecular formula is C16H14FN3O2. The summed E-state index contributed by atoms with van der Waals surface area (Å²) >= 11 is 0. The molecule has 0 saturated heterocycles. The number of nitrogens with one attached hydrogen (secondary N) is 1. The van der Waals surface area contributed by atoms with Crippen molar-refractivity contribution in [2.45, 2.75) is 6.54 Å². The molecule has 3 aromatic rings. The summed E-state index contributed by atoms with van der Waals surface area (Å²) in [4.78, 5) is 4.30. The summed E-state index contributed by atoms with van der Waals surface area (Å²) in [6.45, 7) is 0.326. The number of ether oxygens (including phenoxy) is 1. The van der Waals surface area contributed by atoms with Crippen LogP contribution in [-0.4, -0.2) is 17.3 Å². The maximum absolute atomic E-state index is 13.1. The smallest absolute Gasteiger partial charge is 0.246 e. The summed E-state index contributed by atoms with van der Waals surface area (Å²) in [6.07, 6.45) is 0. The molecular weight excluding hydrogens is 285 g/mol. The average Bonchev–Trinajstić information content (AvgIpc) is 3.02. The van der Waals surface area contributed by atoms with Crippen LogP contribution in [0.3, 0.4) is 0 Å². The molecule has 0 aliphatic carbocycles. The van der Waals surface area contributed by atoms with E-state index in [1.54, 1.807) is 19.2 Å². The summed E-state index contributed by atoms with van der Waals surface area (Å²) in [6, 6.07) is 13.6. The third kappa shape index (κ3) is 3.22. The molecule has 0 spiro atoms. The molecule has 22 heavy (non-hydrogen) atoms. The van der Waals surface area contributed by atoms with E-state index in [1.807, 2.05) is 24.3 Å². The molecule has 0 unspecified atom stereocenters. The molecule has 0 saturated carbocycles. The topological polar surface area (TPSA) is 60.2 Å². The third-order valence-corrected chi connectivity index (χ3v) is 3.08. The van der Waals surface area contributed by atoms with E-state index >= 15 is 0 Å². The number of aromatic nitrogens is 2. The second-order valence-corrected chi connectivity index (χ2v) is 4.60. The lowest BCUT2D eigenvalue weighted by Crippen LogP contribution is -1.99. The van der Waals surface area contributed by atoms with Crippen molar-refractivity contribution in [3.8, 4) is 17.1 Å². The standard InChI is InChI=1S/C16H14FN3O2/c1-21-14-7-5-11(6-8-14)16-19-15(22-20-16)10-18-13-4-2-3-12(17)9-13/h2-9,18H,10H2,1H3. The molecule has 6 heteroatoms. The van der Waals surface area contributed by atoms with E-state index in [-0.39, 0.29) is 5.82 Å². The molecule has 1 aromatic heterocycles. The number of methoxy groups -OCH3 is 1. The van der Waals surface area contributed by atoms with Crippen molar-refractivity contribution in [2.24, 2.45) is 0 Å². The highest BCUT2D eigenvalue weighted by molar-refractivity contribution is 5.55. The van der Waals surface area contributed by atoms with Crippen LogP contribution in [0.25, 0.3) is 11.4 Å². The van der Waals surface area contributed by atoms with Crippen LogP contribution < -0.4 is 10.1 Å². The molecule has 0 aliphatic rings. The van der Waals surface area contributed by atoms with E-state index in [4.69, 9.17) is 9.26 Å². The summed E-state index contributed by atoms with van der Waals surface area (Å²) in [5.41, 5.74) is 1.49. The van der Waals surface area contributed by atoms with E-state index in [9.17, 15) is 4.39 Å². The van der Waals surface area contributed by atoms with Gasteiger partial charge in [0, 0.05) is 11.3 Å². The van der Waals surface area contributed by atoms with Crippen LogP contribution in [0.2, 0.25) is 0 Å². The van der Waals surface area contributed by atoms with Crippen LogP contribution in [0.1, 0.15) is 5.89 Å². The first-order valence-electron chi connectivity index (χ1n) is 6.71. The molecule has 0 radical (unpaired) electrons. The minimum Gasteiger partial charge on any atom is -0.497 e. The highest BCUT2D eigenvalue weighted by Gasteiger charge is 2.08. The van der Waals surface area contributed by atoms with Crippen LogP contribution in [0.4, 0.5) is 10.1 Å². The highest BCUT2D eigenvalue weighted by Crippen LogP contribution is 2.20. The summed E-state index contributed by atoms with van der Waals surface area (Å²) < 4.78 is 23.4. The van der Waals surface area contributed by atoms with Crippen molar-refractivity contribution in [3.05, 3.63) is 60.2 Å². The van der Waals surface area contributed by atoms with Crippen LogP contribution in [-0.2, 0) is 6.54 Å². The number of benzene rings is 2. The number of nitrogens with zero attached hydrogens (tertiary/aromatic N) is 2. The van der Waals surface area contributed by atoms with Crippen LogP contribution >= 0.6 is 0 Å². The molecule has 0 fully saturated rings. The minimum absolute atomic E-state index is 0.297. The molecule has 2 aromatic carbocycles. The first-order valence-corrected chi connectivity index (χ1v) is 6.71. The fourth-order valence-corrected chi connectivity index (χ4v) is 1.96. The first-order chi connectivity index (χ1) is 10.7. The zero-order valence-electron chi connectivity index (χ0n) is 11.9. The fourth-order valence-electron chi connectivity index (χ4n) is 1.96. The van der Waals surface area contributed by atoms with Gasteiger partial charge in [-0.2, -0.15) is 4.98 Å². The second-order valence-electron chi connectivity index (χ2n) is 4.60. The Morgan fingerprint density at radius 1 is 1.18 bits per heavy atom. The van der Waals surface area contributed by atoms with Gasteiger partial charge in [0.25, 0.3) is 0 Å². The van der Waals surface area contributed by atoms with E-state index in [0.29, 0.717) is 23.9 Å². The van der Waals surface area contributed by atoms with Gasteiger partial charge in [0.1, 0.15) is 11.6 Å². The van der Waals surface area contributed by atoms with Gasteiger partial charge in [0.15, 0.2) is 0 Å². The molecule has 5 nitrogen and oxygen atoms in total. The SMILES string of the molecule is COc1ccc(-c2noc(CNc3cccc(F)c3)n2)cc1. The van der Waals surface area contributed by atoms with Gasteiger partial charge in [-0.1, -0.05) is 11.2 Å². The monoisotopic (exact) mass is 299 g/mol. The zero-order chi connectivity index (χ0) is 15.4. The van der Waals surface area contributed by atoms with E-state index in [0.717, 1.165) is 11.3 Å². The van der Waals surface area contributed by atoms with E-state index in [2.05, 4.69) is 15.5 Å². The molecule has 0 aliphatic heterocycles. The lowest BCUT2D eigenvalue weighted by atomic mass is 10.2. The molecule has 1 N–H and O–H groups in total. The number of hydrogen-bond acceptors (Lipinski definition) is 5. The van der Waals surface area contributed by atoms with Gasteiger partial charge >= 0.3 is 0 Å². The summed E-state index contributed by atoms with van der Waals surface area (Å²) in [5.74, 6) is 1.39. The Bertz CT molecular complexity index is 756. The summed E-state index contributed by atoms with van der Waals surface area (Å²) in [5, 5.41) is 6.96. The van der Waals surface area contributed by atoms with Crippen molar-refractivity contribution in [1.29, 1.82) is 0 Å². The predicted molar refractivity (Wildman–Crippen MR) is 80.0 cm³/mol. The van der Waals surface area contributed by atoms with E-state index < -0.39 is 0 Å².